The van der Waals surface area contributed by atoms with Gasteiger partial charge in [0.15, 0.2) is 0 Å². The van der Waals surface area contributed by atoms with Crippen LogP contribution in [0.3, 0.4) is 0 Å². The summed E-state index contributed by atoms with van der Waals surface area (Å²) in [5, 5.41) is 2.75. The molecule has 1 aromatic heterocycles. The number of halogens is 1. The molecule has 7 nitrogen and oxygen atoms in total. The molecule has 1 aliphatic heterocycles. The number of nitrogens with zero attached hydrogens (tertiary/aromatic N) is 2. The van der Waals surface area contributed by atoms with Crippen LogP contribution < -0.4 is 11.1 Å². The summed E-state index contributed by atoms with van der Waals surface area (Å²) < 4.78 is 15.9. The Kier molecular flexibility index (Phi) is 6.28. The molecule has 176 valence electrons. The van der Waals surface area contributed by atoms with Gasteiger partial charge >= 0.3 is 0 Å². The number of allylic oxidation sites excluding steroid dienone is 2. The van der Waals surface area contributed by atoms with Gasteiger partial charge in [0.1, 0.15) is 5.83 Å². The van der Waals surface area contributed by atoms with Gasteiger partial charge in [-0.1, -0.05) is 6.07 Å². The van der Waals surface area contributed by atoms with E-state index in [9.17, 15) is 9.59 Å². The second-order valence-electron chi connectivity index (χ2n) is 9.46. The van der Waals surface area contributed by atoms with Crippen LogP contribution in [0.25, 0.3) is 16.6 Å². The van der Waals surface area contributed by atoms with Gasteiger partial charge in [0, 0.05) is 42.3 Å². The first-order valence-corrected chi connectivity index (χ1v) is 11.5. The van der Waals surface area contributed by atoms with Crippen LogP contribution in [0, 0.1) is 17.8 Å². The van der Waals surface area contributed by atoms with E-state index in [-0.39, 0.29) is 41.6 Å². The predicted molar refractivity (Wildman–Crippen MR) is 126 cm³/mol. The molecule has 4 atom stereocenters. The fourth-order valence-corrected chi connectivity index (χ4v) is 5.47. The Hall–Kier alpha value is -3.16. The third-order valence-electron chi connectivity index (χ3n) is 7.17. The average molecular weight is 454 g/mol. The lowest BCUT2D eigenvalue weighted by atomic mass is 9.67. The van der Waals surface area contributed by atoms with Crippen molar-refractivity contribution in [2.75, 3.05) is 7.05 Å². The first-order valence-electron chi connectivity index (χ1n) is 11.5. The van der Waals surface area contributed by atoms with E-state index < -0.39 is 5.92 Å². The number of carbonyl (C=O) groups excluding carboxylic acids is 2. The Morgan fingerprint density at radius 3 is 2.73 bits per heavy atom. The molecule has 1 aliphatic carbocycles. The van der Waals surface area contributed by atoms with Crippen molar-refractivity contribution in [3.8, 4) is 0 Å². The van der Waals surface area contributed by atoms with Gasteiger partial charge in [0.2, 0.25) is 11.8 Å². The number of aromatic nitrogens is 2. The molecule has 1 aromatic carbocycles. The number of benzene rings is 1. The molecule has 1 fully saturated rings. The highest BCUT2D eigenvalue weighted by molar-refractivity contribution is 5.86. The van der Waals surface area contributed by atoms with E-state index in [1.54, 1.807) is 20.3 Å². The molecule has 33 heavy (non-hydrogen) atoms. The lowest BCUT2D eigenvalue weighted by Crippen LogP contribution is -2.51. The number of nitrogens with one attached hydrogen (secondary N) is 2. The molecule has 2 heterocycles. The Morgan fingerprint density at radius 1 is 1.30 bits per heavy atom. The van der Waals surface area contributed by atoms with Crippen LogP contribution in [0.1, 0.15) is 45.6 Å². The number of fused-ring (bicyclic) bond motifs is 1. The first-order chi connectivity index (χ1) is 15.7. The number of amides is 2. The van der Waals surface area contributed by atoms with Crippen molar-refractivity contribution in [3.05, 3.63) is 47.7 Å². The third-order valence-corrected chi connectivity index (χ3v) is 7.17. The van der Waals surface area contributed by atoms with Crippen molar-refractivity contribution in [3.63, 3.8) is 0 Å². The number of rotatable bonds is 5. The van der Waals surface area contributed by atoms with E-state index in [0.717, 1.165) is 16.6 Å². The van der Waals surface area contributed by atoms with Crippen molar-refractivity contribution < 1.29 is 14.0 Å². The molecule has 4 unspecified atom stereocenters. The Labute approximate surface area is 193 Å². The highest BCUT2D eigenvalue weighted by atomic mass is 19.1. The molecule has 0 radical (unpaired) electrons. The van der Waals surface area contributed by atoms with Crippen LogP contribution in [0.5, 0.6) is 0 Å². The molecule has 4 N–H and O–H groups in total. The largest absolute Gasteiger partial charge is 0.369 e. The van der Waals surface area contributed by atoms with E-state index in [2.05, 4.69) is 34.0 Å². The minimum atomic E-state index is -0.448. The maximum atomic E-state index is 15.9. The van der Waals surface area contributed by atoms with E-state index in [1.807, 2.05) is 24.4 Å². The van der Waals surface area contributed by atoms with Crippen molar-refractivity contribution in [2.45, 2.75) is 52.1 Å². The van der Waals surface area contributed by atoms with Crippen molar-refractivity contribution in [1.82, 2.24) is 20.2 Å². The third kappa shape index (κ3) is 4.14. The second-order valence-corrected chi connectivity index (χ2v) is 9.46. The molecular weight excluding hydrogens is 421 g/mol. The van der Waals surface area contributed by atoms with Gasteiger partial charge in [-0.2, -0.15) is 0 Å². The summed E-state index contributed by atoms with van der Waals surface area (Å²) in [4.78, 5) is 34.5. The zero-order valence-corrected chi connectivity index (χ0v) is 19.6. The topological polar surface area (TPSA) is 104 Å². The molecule has 0 spiro atoms. The van der Waals surface area contributed by atoms with Crippen LogP contribution >= 0.6 is 0 Å². The van der Waals surface area contributed by atoms with Gasteiger partial charge in [0.05, 0.1) is 23.4 Å². The van der Waals surface area contributed by atoms with E-state index >= 15 is 4.39 Å². The number of hydrogen-bond acceptors (Lipinski definition) is 4. The van der Waals surface area contributed by atoms with Gasteiger partial charge in [-0.15, -0.1) is 0 Å². The molecule has 2 aromatic rings. The van der Waals surface area contributed by atoms with Gasteiger partial charge in [-0.25, -0.2) is 9.37 Å². The maximum Gasteiger partial charge on any atom is 0.223 e. The molecule has 2 amide bonds. The summed E-state index contributed by atoms with van der Waals surface area (Å²) in [6.45, 7) is 5.91. The maximum absolute atomic E-state index is 15.9. The molecule has 4 rings (SSSR count). The van der Waals surface area contributed by atoms with Gasteiger partial charge < -0.3 is 20.9 Å². The van der Waals surface area contributed by atoms with Crippen LogP contribution in [-0.4, -0.2) is 45.8 Å². The fourth-order valence-electron chi connectivity index (χ4n) is 5.47. The lowest BCUT2D eigenvalue weighted by molar-refractivity contribution is -0.131. The molecule has 8 heteroatoms. The summed E-state index contributed by atoms with van der Waals surface area (Å²) in [7, 11) is 1.60. The van der Waals surface area contributed by atoms with E-state index in [4.69, 9.17) is 5.73 Å². The molecule has 0 saturated heterocycles. The summed E-state index contributed by atoms with van der Waals surface area (Å²) >= 11 is 0. The molecule has 1 saturated carbocycles. The normalized spacial score (nSPS) is 26.0. The van der Waals surface area contributed by atoms with Crippen molar-refractivity contribution >= 4 is 28.4 Å². The van der Waals surface area contributed by atoms with Crippen molar-refractivity contribution in [1.29, 1.82) is 0 Å². The molecule has 2 aliphatic rings. The number of H-pyrrole nitrogens is 1. The van der Waals surface area contributed by atoms with Crippen molar-refractivity contribution in [2.24, 2.45) is 23.5 Å². The number of nitrogens with two attached hydrogens (primary N) is 1. The highest BCUT2D eigenvalue weighted by Gasteiger charge is 2.46. The number of aromatic amines is 1. The van der Waals surface area contributed by atoms with E-state index in [1.165, 1.54) is 0 Å². The quantitative estimate of drug-likeness (QED) is 0.644. The minimum Gasteiger partial charge on any atom is -0.369 e. The fraction of sp³-hybridized carbons (Fsp3) is 0.480. The smallest absolute Gasteiger partial charge is 0.223 e. The Morgan fingerprint density at radius 2 is 2.06 bits per heavy atom. The van der Waals surface area contributed by atoms with Gasteiger partial charge in [0.25, 0.3) is 0 Å². The zero-order chi connectivity index (χ0) is 23.9. The summed E-state index contributed by atoms with van der Waals surface area (Å²) in [5.74, 6) is -1.76. The second kappa shape index (κ2) is 9.00. The number of imidazole rings is 1. The average Bonchev–Trinajstić information content (AvgIpc) is 3.27. The monoisotopic (exact) mass is 453 g/mol. The van der Waals surface area contributed by atoms with Gasteiger partial charge in [-0.3, -0.25) is 9.59 Å². The SMILES string of the molecule is CNC(=O)C1CC(C(N)=O)CCC1C1C(c2ccc3[nH]cnc3c2)=C(F)C(C)=CN1C(C)C. The van der Waals surface area contributed by atoms with Crippen LogP contribution in [-0.2, 0) is 9.59 Å². The number of carbonyl (C=O) groups is 2. The summed E-state index contributed by atoms with van der Waals surface area (Å²) in [6, 6.07) is 5.43. The van der Waals surface area contributed by atoms with E-state index in [0.29, 0.717) is 30.4 Å². The number of primary amides is 1. The molecular formula is C25H32FN5O2. The Balaban J connectivity index is 1.85. The van der Waals surface area contributed by atoms with Crippen LogP contribution in [0.4, 0.5) is 4.39 Å². The predicted octanol–water partition coefficient (Wildman–Crippen LogP) is 3.50. The standard InChI is InChI=1S/C25H32FN5O2/c1-13(2)31-11-14(3)22(26)21(15-6-8-19-20(10-15)30-12-29-19)23(31)17-7-5-16(24(27)32)9-18(17)25(33)28-4/h6,8,10-13,16-18,23H,5,7,9H2,1-4H3,(H2,27,32)(H,28,33)(H,29,30). The summed E-state index contributed by atoms with van der Waals surface area (Å²) in [6.07, 6.45) is 5.05. The van der Waals surface area contributed by atoms with Crippen LogP contribution in [0.2, 0.25) is 0 Å². The minimum absolute atomic E-state index is 0.0846. The van der Waals surface area contributed by atoms with Gasteiger partial charge in [-0.05, 0) is 63.6 Å². The highest BCUT2D eigenvalue weighted by Crippen LogP contribution is 2.46. The number of hydrogen-bond donors (Lipinski definition) is 3. The van der Waals surface area contributed by atoms with Crippen LogP contribution in [0.15, 0.2) is 42.1 Å². The Bertz CT molecular complexity index is 1130. The zero-order valence-electron chi connectivity index (χ0n) is 19.6. The first kappa shape index (κ1) is 23.0. The summed E-state index contributed by atoms with van der Waals surface area (Å²) in [5.41, 5.74) is 9.12. The molecule has 0 bridgehead atoms. The lowest BCUT2D eigenvalue weighted by Gasteiger charge is -2.47.